The molecule has 0 bridgehead atoms. The Morgan fingerprint density at radius 1 is 1.07 bits per heavy atom. The maximum Gasteiger partial charge on any atom is 0.296 e. The first-order valence-corrected chi connectivity index (χ1v) is 10.2. The number of phenols is 1. The number of amides is 1. The molecule has 1 N–H and O–H groups in total. The second kappa shape index (κ2) is 8.03. The summed E-state index contributed by atoms with van der Waals surface area (Å²) in [6.07, 6.45) is 1.41. The van der Waals surface area contributed by atoms with Crippen molar-refractivity contribution < 1.29 is 9.90 Å². The number of rotatable bonds is 4. The number of amidine groups is 1. The summed E-state index contributed by atoms with van der Waals surface area (Å²) in [5.74, 6) is 0.0185. The Kier molecular flexibility index (Phi) is 5.28. The van der Waals surface area contributed by atoms with Crippen molar-refractivity contribution in [3.63, 3.8) is 0 Å². The highest BCUT2D eigenvalue weighted by molar-refractivity contribution is 8.15. The Hall–Kier alpha value is -3.59. The standard InChI is InChI=1S/C21H19N5O3S/c1-14-19(20(29)26(24(14)2)16-9-4-3-5-10-16)25-18(28)13-30-21(25)23-22-12-15-8-6-7-11-17(15)27/h3-12,27H,13H2,1-2H3/b22-12-,23-21+. The summed E-state index contributed by atoms with van der Waals surface area (Å²) < 4.78 is 3.23. The van der Waals surface area contributed by atoms with Crippen LogP contribution in [0.3, 0.4) is 0 Å². The van der Waals surface area contributed by atoms with E-state index in [1.54, 1.807) is 42.9 Å². The van der Waals surface area contributed by atoms with Gasteiger partial charge in [-0.2, -0.15) is 5.10 Å². The van der Waals surface area contributed by atoms with Crippen LogP contribution in [0.15, 0.2) is 69.6 Å². The first-order chi connectivity index (χ1) is 14.5. The zero-order valence-corrected chi connectivity index (χ0v) is 17.2. The predicted molar refractivity (Wildman–Crippen MR) is 119 cm³/mol. The molecule has 1 aliphatic heterocycles. The molecule has 2 heterocycles. The van der Waals surface area contributed by atoms with Gasteiger partial charge in [-0.15, -0.1) is 5.10 Å². The van der Waals surface area contributed by atoms with Gasteiger partial charge < -0.3 is 5.11 Å². The molecule has 0 unspecified atom stereocenters. The van der Waals surface area contributed by atoms with Crippen molar-refractivity contribution in [3.8, 4) is 11.4 Å². The number of benzene rings is 2. The molecule has 1 aliphatic rings. The summed E-state index contributed by atoms with van der Waals surface area (Å²) >= 11 is 1.21. The second-order valence-electron chi connectivity index (χ2n) is 6.61. The summed E-state index contributed by atoms with van der Waals surface area (Å²) in [7, 11) is 1.77. The summed E-state index contributed by atoms with van der Waals surface area (Å²) in [5, 5.41) is 18.3. The molecule has 1 amide bonds. The molecule has 152 valence electrons. The number of phenolic OH excluding ortho intramolecular Hbond substituents is 1. The van der Waals surface area contributed by atoms with E-state index in [2.05, 4.69) is 10.2 Å². The van der Waals surface area contributed by atoms with E-state index in [0.717, 1.165) is 0 Å². The molecule has 1 saturated heterocycles. The van der Waals surface area contributed by atoms with Crippen molar-refractivity contribution in [2.75, 3.05) is 10.7 Å². The smallest absolute Gasteiger partial charge is 0.296 e. The Labute approximate surface area is 176 Å². The second-order valence-corrected chi connectivity index (χ2v) is 7.56. The molecule has 1 fully saturated rings. The summed E-state index contributed by atoms with van der Waals surface area (Å²) in [5.41, 5.74) is 1.79. The Bertz CT molecular complexity index is 1230. The summed E-state index contributed by atoms with van der Waals surface area (Å²) in [6, 6.07) is 16.0. The number of aromatic hydroxyl groups is 1. The maximum atomic E-state index is 13.2. The minimum atomic E-state index is -0.311. The molecule has 4 rings (SSSR count). The van der Waals surface area contributed by atoms with Crippen LogP contribution >= 0.6 is 11.8 Å². The fourth-order valence-electron chi connectivity index (χ4n) is 3.20. The van der Waals surface area contributed by atoms with Gasteiger partial charge in [0.1, 0.15) is 11.4 Å². The van der Waals surface area contributed by atoms with E-state index >= 15 is 0 Å². The van der Waals surface area contributed by atoms with Crippen LogP contribution in [0.25, 0.3) is 5.69 Å². The van der Waals surface area contributed by atoms with E-state index in [1.807, 2.05) is 30.3 Å². The SMILES string of the molecule is Cc1c(N2C(=O)CS/C2=N/N=C\c2ccccc2O)c(=O)n(-c2ccccc2)n1C. The highest BCUT2D eigenvalue weighted by Crippen LogP contribution is 2.28. The van der Waals surface area contributed by atoms with Crippen LogP contribution in [0.5, 0.6) is 5.75 Å². The zero-order valence-electron chi connectivity index (χ0n) is 16.4. The minimum absolute atomic E-state index is 0.0816. The molecule has 8 nitrogen and oxygen atoms in total. The van der Waals surface area contributed by atoms with E-state index < -0.39 is 0 Å². The third-order valence-electron chi connectivity index (χ3n) is 4.79. The van der Waals surface area contributed by atoms with E-state index in [0.29, 0.717) is 22.1 Å². The molecular weight excluding hydrogens is 402 g/mol. The number of hydrogen-bond acceptors (Lipinski definition) is 6. The van der Waals surface area contributed by atoms with Gasteiger partial charge >= 0.3 is 0 Å². The number of carbonyl (C=O) groups excluding carboxylic acids is 1. The molecule has 0 radical (unpaired) electrons. The average molecular weight is 421 g/mol. The molecular formula is C21H19N5O3S. The van der Waals surface area contributed by atoms with Crippen LogP contribution in [0, 0.1) is 6.92 Å². The van der Waals surface area contributed by atoms with Crippen LogP contribution in [0.2, 0.25) is 0 Å². The first kappa shape index (κ1) is 19.7. The van der Waals surface area contributed by atoms with Gasteiger partial charge in [0, 0.05) is 12.6 Å². The Balaban J connectivity index is 1.75. The zero-order chi connectivity index (χ0) is 21.3. The molecule has 2 aromatic carbocycles. The third-order valence-corrected chi connectivity index (χ3v) is 5.70. The summed E-state index contributed by atoms with van der Waals surface area (Å²) in [6.45, 7) is 1.79. The predicted octanol–water partition coefficient (Wildman–Crippen LogP) is 2.66. The lowest BCUT2D eigenvalue weighted by Gasteiger charge is -2.13. The maximum absolute atomic E-state index is 13.2. The number of nitrogens with zero attached hydrogens (tertiary/aromatic N) is 5. The van der Waals surface area contributed by atoms with Crippen molar-refractivity contribution in [2.24, 2.45) is 17.3 Å². The van der Waals surface area contributed by atoms with Gasteiger partial charge in [-0.25, -0.2) is 9.58 Å². The molecule has 9 heteroatoms. The average Bonchev–Trinajstić information content (AvgIpc) is 3.20. The van der Waals surface area contributed by atoms with Crippen molar-refractivity contribution in [1.82, 2.24) is 9.36 Å². The van der Waals surface area contributed by atoms with Crippen LogP contribution < -0.4 is 10.5 Å². The third kappa shape index (κ3) is 3.43. The van der Waals surface area contributed by atoms with Gasteiger partial charge in [0.05, 0.1) is 23.3 Å². The molecule has 30 heavy (non-hydrogen) atoms. The molecule has 3 aromatic rings. The lowest BCUT2D eigenvalue weighted by atomic mass is 10.2. The first-order valence-electron chi connectivity index (χ1n) is 9.18. The van der Waals surface area contributed by atoms with Crippen molar-refractivity contribution in [2.45, 2.75) is 6.92 Å². The monoisotopic (exact) mass is 421 g/mol. The van der Waals surface area contributed by atoms with Gasteiger partial charge in [-0.05, 0) is 31.2 Å². The molecule has 1 aromatic heterocycles. The quantitative estimate of drug-likeness (QED) is 0.518. The number of para-hydroxylation sites is 2. The van der Waals surface area contributed by atoms with Crippen molar-refractivity contribution in [1.29, 1.82) is 0 Å². The lowest BCUT2D eigenvalue weighted by Crippen LogP contribution is -2.34. The molecule has 0 atom stereocenters. The highest BCUT2D eigenvalue weighted by Gasteiger charge is 2.35. The van der Waals surface area contributed by atoms with Crippen LogP contribution in [-0.4, -0.2) is 37.5 Å². The van der Waals surface area contributed by atoms with E-state index in [-0.39, 0.29) is 28.7 Å². The van der Waals surface area contributed by atoms with Gasteiger partial charge in [0.2, 0.25) is 5.91 Å². The van der Waals surface area contributed by atoms with Gasteiger partial charge in [0.15, 0.2) is 5.17 Å². The molecule has 0 saturated carbocycles. The van der Waals surface area contributed by atoms with Crippen LogP contribution in [0.4, 0.5) is 5.69 Å². The normalized spacial score (nSPS) is 15.6. The Morgan fingerprint density at radius 3 is 2.50 bits per heavy atom. The van der Waals surface area contributed by atoms with Gasteiger partial charge in [-0.1, -0.05) is 42.1 Å². The largest absolute Gasteiger partial charge is 0.507 e. The number of carbonyl (C=O) groups is 1. The van der Waals surface area contributed by atoms with Gasteiger partial charge in [0.25, 0.3) is 5.56 Å². The van der Waals surface area contributed by atoms with Crippen LogP contribution in [-0.2, 0) is 11.8 Å². The van der Waals surface area contributed by atoms with E-state index in [4.69, 9.17) is 0 Å². The Morgan fingerprint density at radius 2 is 1.77 bits per heavy atom. The van der Waals surface area contributed by atoms with Crippen LogP contribution in [0.1, 0.15) is 11.3 Å². The number of thioether (sulfide) groups is 1. The van der Waals surface area contributed by atoms with Crippen molar-refractivity contribution in [3.05, 3.63) is 76.2 Å². The minimum Gasteiger partial charge on any atom is -0.507 e. The molecule has 0 spiro atoms. The van der Waals surface area contributed by atoms with E-state index in [9.17, 15) is 14.7 Å². The fraction of sp³-hybridized carbons (Fsp3) is 0.143. The lowest BCUT2D eigenvalue weighted by molar-refractivity contribution is -0.115. The number of anilines is 1. The van der Waals surface area contributed by atoms with E-state index in [1.165, 1.54) is 27.6 Å². The van der Waals surface area contributed by atoms with Crippen molar-refractivity contribution >= 4 is 34.7 Å². The fourth-order valence-corrected chi connectivity index (χ4v) is 4.01. The highest BCUT2D eigenvalue weighted by atomic mass is 32.2. The number of aromatic nitrogens is 2. The van der Waals surface area contributed by atoms with Gasteiger partial charge in [-0.3, -0.25) is 14.3 Å². The number of hydrogen-bond donors (Lipinski definition) is 1. The topological polar surface area (TPSA) is 92.2 Å². The summed E-state index contributed by atoms with van der Waals surface area (Å²) in [4.78, 5) is 27.2. The molecule has 0 aliphatic carbocycles.